The number of amides is 1. The van der Waals surface area contributed by atoms with Crippen molar-refractivity contribution in [3.8, 4) is 0 Å². The van der Waals surface area contributed by atoms with E-state index in [2.05, 4.69) is 20.2 Å². The summed E-state index contributed by atoms with van der Waals surface area (Å²) < 4.78 is 13.5. The van der Waals surface area contributed by atoms with Crippen molar-refractivity contribution in [3.05, 3.63) is 58.0 Å². The zero-order valence-corrected chi connectivity index (χ0v) is 21.5. The van der Waals surface area contributed by atoms with Gasteiger partial charge in [-0.1, -0.05) is 17.7 Å². The molecule has 7 nitrogen and oxygen atoms in total. The van der Waals surface area contributed by atoms with Crippen molar-refractivity contribution >= 4 is 50.6 Å². The molecule has 0 atom stereocenters. The first-order valence-electron chi connectivity index (χ1n) is 12.3. The van der Waals surface area contributed by atoms with Gasteiger partial charge in [0.15, 0.2) is 0 Å². The van der Waals surface area contributed by atoms with Crippen LogP contribution in [0.1, 0.15) is 29.7 Å². The lowest BCUT2D eigenvalue weighted by Crippen LogP contribution is -2.35. The van der Waals surface area contributed by atoms with Crippen LogP contribution in [0.4, 0.5) is 15.9 Å². The lowest BCUT2D eigenvalue weighted by atomic mass is 9.94. The van der Waals surface area contributed by atoms with Crippen LogP contribution in [0.15, 0.2) is 36.7 Å². The predicted molar refractivity (Wildman–Crippen MR) is 141 cm³/mol. The molecular formula is C26H29ClFN5O2S. The molecular weight excluding hydrogens is 501 g/mol. The van der Waals surface area contributed by atoms with E-state index < -0.39 is 5.82 Å². The highest BCUT2D eigenvalue weighted by Crippen LogP contribution is 2.38. The number of rotatable bonds is 7. The van der Waals surface area contributed by atoms with Crippen LogP contribution in [-0.2, 0) is 17.8 Å². The molecule has 5 rings (SSSR count). The predicted octanol–water partition coefficient (Wildman–Crippen LogP) is 4.76. The molecule has 0 unspecified atom stereocenters. The molecule has 0 aliphatic carbocycles. The van der Waals surface area contributed by atoms with E-state index >= 15 is 0 Å². The number of hydrogen-bond acceptors (Lipinski definition) is 7. The Morgan fingerprint density at radius 2 is 2.11 bits per heavy atom. The molecule has 1 aromatic carbocycles. The fourth-order valence-corrected chi connectivity index (χ4v) is 6.35. The number of fused-ring (bicyclic) bond motifs is 3. The summed E-state index contributed by atoms with van der Waals surface area (Å²) in [5, 5.41) is 13.4. The van der Waals surface area contributed by atoms with Gasteiger partial charge in [-0.25, -0.2) is 14.4 Å². The summed E-state index contributed by atoms with van der Waals surface area (Å²) in [7, 11) is 0. The standard InChI is InChI=1S/C26H29ClFN5O2S/c27-20-14-18(3-4-21(20)28)31-25-24-19-7-12-33(15-22(19)36-26(24)30-16-29-25)23(35)2-1-9-32-10-5-17(6-11-32)8-13-34/h1-4,14,16-17,34H,5-13,15H2,(H,29,30,31)/b2-1+. The number of nitrogens with one attached hydrogen (secondary N) is 1. The van der Waals surface area contributed by atoms with Gasteiger partial charge >= 0.3 is 0 Å². The average molecular weight is 530 g/mol. The monoisotopic (exact) mass is 529 g/mol. The van der Waals surface area contributed by atoms with Crippen molar-refractivity contribution in [1.29, 1.82) is 0 Å². The van der Waals surface area contributed by atoms with Crippen LogP contribution < -0.4 is 5.32 Å². The number of anilines is 2. The molecule has 0 saturated carbocycles. The number of aliphatic hydroxyl groups excluding tert-OH is 1. The minimum Gasteiger partial charge on any atom is -0.396 e. The zero-order chi connectivity index (χ0) is 25.1. The lowest BCUT2D eigenvalue weighted by molar-refractivity contribution is -0.126. The molecule has 1 amide bonds. The quantitative estimate of drug-likeness (QED) is 0.429. The Morgan fingerprint density at radius 1 is 1.28 bits per heavy atom. The summed E-state index contributed by atoms with van der Waals surface area (Å²) in [6.07, 6.45) is 9.00. The number of aliphatic hydroxyl groups is 1. The Hall–Kier alpha value is -2.59. The summed E-state index contributed by atoms with van der Waals surface area (Å²) in [6, 6.07) is 4.48. The minimum atomic E-state index is -0.468. The maximum Gasteiger partial charge on any atom is 0.246 e. The van der Waals surface area contributed by atoms with Gasteiger partial charge in [0.05, 0.1) is 17.0 Å². The fraction of sp³-hybridized carbons (Fsp3) is 0.423. The summed E-state index contributed by atoms with van der Waals surface area (Å²) in [4.78, 5) is 28.0. The Morgan fingerprint density at radius 3 is 2.89 bits per heavy atom. The summed E-state index contributed by atoms with van der Waals surface area (Å²) in [6.45, 7) is 4.25. The normalized spacial score (nSPS) is 17.1. The van der Waals surface area contributed by atoms with Gasteiger partial charge in [-0.05, 0) is 68.5 Å². The maximum atomic E-state index is 13.5. The molecule has 1 fully saturated rings. The molecule has 10 heteroatoms. The number of carbonyl (C=O) groups is 1. The van der Waals surface area contributed by atoms with Gasteiger partial charge in [0.1, 0.15) is 22.8 Å². The molecule has 36 heavy (non-hydrogen) atoms. The SMILES string of the molecule is O=C(/C=C/CN1CCC(CCO)CC1)N1CCc2c(sc3ncnc(Nc4ccc(F)c(Cl)c4)c23)C1. The first-order valence-corrected chi connectivity index (χ1v) is 13.5. The molecule has 1 saturated heterocycles. The first-order chi connectivity index (χ1) is 17.5. The molecule has 2 N–H and O–H groups in total. The number of halogens is 2. The minimum absolute atomic E-state index is 0.0265. The van der Waals surface area contributed by atoms with Crippen LogP contribution in [0, 0.1) is 11.7 Å². The molecule has 3 aromatic rings. The second-order valence-electron chi connectivity index (χ2n) is 9.33. The molecule has 0 spiro atoms. The maximum absolute atomic E-state index is 13.5. The summed E-state index contributed by atoms with van der Waals surface area (Å²) in [5.41, 5.74) is 1.81. The summed E-state index contributed by atoms with van der Waals surface area (Å²) >= 11 is 7.52. The van der Waals surface area contributed by atoms with E-state index in [0.29, 0.717) is 30.5 Å². The van der Waals surface area contributed by atoms with E-state index in [9.17, 15) is 9.18 Å². The van der Waals surface area contributed by atoms with Crippen LogP contribution in [0.5, 0.6) is 0 Å². The highest BCUT2D eigenvalue weighted by Gasteiger charge is 2.26. The second-order valence-corrected chi connectivity index (χ2v) is 10.8. The van der Waals surface area contributed by atoms with Crippen LogP contribution in [0.25, 0.3) is 10.2 Å². The molecule has 2 aromatic heterocycles. The Balaban J connectivity index is 1.23. The highest BCUT2D eigenvalue weighted by atomic mass is 35.5. The van der Waals surface area contributed by atoms with E-state index in [4.69, 9.17) is 16.7 Å². The number of aromatic nitrogens is 2. The van der Waals surface area contributed by atoms with Crippen molar-refractivity contribution in [3.63, 3.8) is 0 Å². The number of nitrogens with zero attached hydrogens (tertiary/aromatic N) is 4. The Kier molecular flexibility index (Phi) is 7.81. The van der Waals surface area contributed by atoms with Gasteiger partial charge in [-0.3, -0.25) is 9.69 Å². The van der Waals surface area contributed by atoms with E-state index in [0.717, 1.165) is 66.0 Å². The van der Waals surface area contributed by atoms with Gasteiger partial charge < -0.3 is 15.3 Å². The van der Waals surface area contributed by atoms with E-state index in [1.807, 2.05) is 11.0 Å². The fourth-order valence-electron chi connectivity index (χ4n) is 4.97. The van der Waals surface area contributed by atoms with Crippen LogP contribution in [0.3, 0.4) is 0 Å². The third kappa shape index (κ3) is 5.54. The molecule has 2 aliphatic heterocycles. The molecule has 0 bridgehead atoms. The van der Waals surface area contributed by atoms with Crippen molar-refractivity contribution in [1.82, 2.24) is 19.8 Å². The van der Waals surface area contributed by atoms with Crippen LogP contribution >= 0.6 is 22.9 Å². The van der Waals surface area contributed by atoms with E-state index in [1.165, 1.54) is 18.5 Å². The van der Waals surface area contributed by atoms with Crippen molar-refractivity contribution < 1.29 is 14.3 Å². The van der Waals surface area contributed by atoms with Crippen LogP contribution in [-0.4, -0.2) is 63.6 Å². The third-order valence-corrected chi connectivity index (χ3v) is 8.41. The van der Waals surface area contributed by atoms with Crippen molar-refractivity contribution in [2.45, 2.75) is 32.2 Å². The smallest absolute Gasteiger partial charge is 0.246 e. The average Bonchev–Trinajstić information content (AvgIpc) is 3.26. The number of benzene rings is 1. The number of hydrogen-bond donors (Lipinski definition) is 2. The highest BCUT2D eigenvalue weighted by molar-refractivity contribution is 7.19. The van der Waals surface area contributed by atoms with E-state index in [1.54, 1.807) is 23.5 Å². The Labute approximate surface area is 218 Å². The van der Waals surface area contributed by atoms with Gasteiger partial charge in [-0.2, -0.15) is 0 Å². The number of piperidine rings is 1. The number of thiophene rings is 1. The van der Waals surface area contributed by atoms with Crippen molar-refractivity contribution in [2.24, 2.45) is 5.92 Å². The number of likely N-dealkylation sites (tertiary alicyclic amines) is 1. The lowest BCUT2D eigenvalue weighted by Gasteiger charge is -2.31. The van der Waals surface area contributed by atoms with Gasteiger partial charge in [0.25, 0.3) is 0 Å². The molecule has 190 valence electrons. The van der Waals surface area contributed by atoms with Gasteiger partial charge in [0, 0.05) is 36.3 Å². The first kappa shape index (κ1) is 25.1. The van der Waals surface area contributed by atoms with Gasteiger partial charge in [0.2, 0.25) is 5.91 Å². The molecule has 0 radical (unpaired) electrons. The number of carbonyl (C=O) groups excluding carboxylic acids is 1. The zero-order valence-electron chi connectivity index (χ0n) is 19.9. The topological polar surface area (TPSA) is 81.6 Å². The van der Waals surface area contributed by atoms with Gasteiger partial charge in [-0.15, -0.1) is 11.3 Å². The van der Waals surface area contributed by atoms with Crippen molar-refractivity contribution in [2.75, 3.05) is 38.1 Å². The molecule has 4 heterocycles. The third-order valence-electron chi connectivity index (χ3n) is 7.00. The second kappa shape index (κ2) is 11.2. The largest absolute Gasteiger partial charge is 0.396 e. The Bertz CT molecular complexity index is 1270. The van der Waals surface area contributed by atoms with E-state index in [-0.39, 0.29) is 17.5 Å². The summed E-state index contributed by atoms with van der Waals surface area (Å²) in [5.74, 6) is 0.834. The van der Waals surface area contributed by atoms with Crippen LogP contribution in [0.2, 0.25) is 5.02 Å². The molecule has 2 aliphatic rings.